The van der Waals surface area contributed by atoms with E-state index < -0.39 is 0 Å². The number of hydrogen-bond acceptors (Lipinski definition) is 4. The van der Waals surface area contributed by atoms with Crippen LogP contribution in [0.15, 0.2) is 34.9 Å². The van der Waals surface area contributed by atoms with Crippen molar-refractivity contribution in [1.29, 1.82) is 0 Å². The lowest BCUT2D eigenvalue weighted by molar-refractivity contribution is -0.134. The fourth-order valence-electron chi connectivity index (χ4n) is 3.21. The Balaban J connectivity index is 1.69. The van der Waals surface area contributed by atoms with Crippen LogP contribution in [-0.4, -0.2) is 35.6 Å². The molecule has 0 unspecified atom stereocenters. The zero-order chi connectivity index (χ0) is 16.2. The average molecular weight is 313 g/mol. The summed E-state index contributed by atoms with van der Waals surface area (Å²) in [5.74, 6) is 1.01. The van der Waals surface area contributed by atoms with Crippen LogP contribution in [0, 0.1) is 13.8 Å². The molecular weight excluding hydrogens is 290 g/mol. The van der Waals surface area contributed by atoms with E-state index in [9.17, 15) is 4.79 Å². The summed E-state index contributed by atoms with van der Waals surface area (Å²) >= 11 is 0. The maximum Gasteiger partial charge on any atom is 0.223 e. The molecule has 1 aromatic heterocycles. The van der Waals surface area contributed by atoms with Gasteiger partial charge in [0.05, 0.1) is 11.7 Å². The first-order valence-corrected chi connectivity index (χ1v) is 8.13. The molecule has 122 valence electrons. The van der Waals surface area contributed by atoms with Crippen molar-refractivity contribution in [2.45, 2.75) is 32.7 Å². The summed E-state index contributed by atoms with van der Waals surface area (Å²) < 4.78 is 5.18. The highest BCUT2D eigenvalue weighted by Gasteiger charge is 2.27. The van der Waals surface area contributed by atoms with E-state index in [1.165, 1.54) is 5.56 Å². The second kappa shape index (κ2) is 6.96. The van der Waals surface area contributed by atoms with Crippen molar-refractivity contribution in [3.63, 3.8) is 0 Å². The first kappa shape index (κ1) is 15.7. The van der Waals surface area contributed by atoms with Gasteiger partial charge < -0.3 is 14.7 Å². The van der Waals surface area contributed by atoms with E-state index in [2.05, 4.69) is 22.6 Å². The standard InChI is InChI=1S/C18H23N3O2/c1-13-16(14(2)23-20-13)8-9-18(22)21-11-10-19-12-17(21)15-6-4-3-5-7-15/h3-7,17,19H,8-12H2,1-2H3/t17-/m1/s1. The number of hydrogen-bond donors (Lipinski definition) is 1. The first-order chi connectivity index (χ1) is 11.2. The Labute approximate surface area is 136 Å². The first-order valence-electron chi connectivity index (χ1n) is 8.13. The Kier molecular flexibility index (Phi) is 4.76. The number of piperazine rings is 1. The van der Waals surface area contributed by atoms with Crippen molar-refractivity contribution in [3.8, 4) is 0 Å². The van der Waals surface area contributed by atoms with Gasteiger partial charge in [0.15, 0.2) is 0 Å². The van der Waals surface area contributed by atoms with Gasteiger partial charge in [0.25, 0.3) is 0 Å². The second-order valence-electron chi connectivity index (χ2n) is 6.02. The number of nitrogens with zero attached hydrogens (tertiary/aromatic N) is 2. The lowest BCUT2D eigenvalue weighted by atomic mass is 10.0. The van der Waals surface area contributed by atoms with Gasteiger partial charge in [0.1, 0.15) is 5.76 Å². The molecule has 1 fully saturated rings. The van der Waals surface area contributed by atoms with E-state index in [1.54, 1.807) is 0 Å². The van der Waals surface area contributed by atoms with Crippen molar-refractivity contribution < 1.29 is 9.32 Å². The fraction of sp³-hybridized carbons (Fsp3) is 0.444. The molecule has 1 aromatic carbocycles. The van der Waals surface area contributed by atoms with Crippen molar-refractivity contribution >= 4 is 5.91 Å². The van der Waals surface area contributed by atoms with E-state index >= 15 is 0 Å². The molecule has 23 heavy (non-hydrogen) atoms. The van der Waals surface area contributed by atoms with Crippen molar-refractivity contribution in [3.05, 3.63) is 52.9 Å². The van der Waals surface area contributed by atoms with Gasteiger partial charge in [-0.15, -0.1) is 0 Å². The molecule has 1 atom stereocenters. The molecule has 0 saturated carbocycles. The highest BCUT2D eigenvalue weighted by atomic mass is 16.5. The molecule has 0 bridgehead atoms. The van der Waals surface area contributed by atoms with Crippen LogP contribution in [0.1, 0.15) is 35.0 Å². The van der Waals surface area contributed by atoms with Crippen LogP contribution in [0.4, 0.5) is 0 Å². The number of aromatic nitrogens is 1. The van der Waals surface area contributed by atoms with Crippen molar-refractivity contribution in [2.24, 2.45) is 0 Å². The number of carbonyl (C=O) groups excluding carboxylic acids is 1. The zero-order valence-electron chi connectivity index (χ0n) is 13.7. The SMILES string of the molecule is Cc1noc(C)c1CCC(=O)N1CCNC[C@@H]1c1ccccc1. The Hall–Kier alpha value is -2.14. The molecule has 1 N–H and O–H groups in total. The third kappa shape index (κ3) is 3.45. The molecule has 1 aliphatic heterocycles. The molecule has 0 spiro atoms. The van der Waals surface area contributed by atoms with E-state index in [1.807, 2.05) is 36.9 Å². The Morgan fingerprint density at radius 2 is 2.13 bits per heavy atom. The van der Waals surface area contributed by atoms with Crippen molar-refractivity contribution in [1.82, 2.24) is 15.4 Å². The quantitative estimate of drug-likeness (QED) is 0.941. The number of nitrogens with one attached hydrogen (secondary N) is 1. The second-order valence-corrected chi connectivity index (χ2v) is 6.02. The minimum absolute atomic E-state index is 0.113. The number of aryl methyl sites for hydroxylation is 2. The van der Waals surface area contributed by atoms with Crippen LogP contribution in [0.3, 0.4) is 0 Å². The summed E-state index contributed by atoms with van der Waals surface area (Å²) in [5, 5.41) is 7.35. The molecule has 0 radical (unpaired) electrons. The topological polar surface area (TPSA) is 58.4 Å². The van der Waals surface area contributed by atoms with Crippen LogP contribution in [0.25, 0.3) is 0 Å². The van der Waals surface area contributed by atoms with Gasteiger partial charge in [-0.1, -0.05) is 35.5 Å². The van der Waals surface area contributed by atoms with Gasteiger partial charge in [0.2, 0.25) is 5.91 Å². The highest BCUT2D eigenvalue weighted by molar-refractivity contribution is 5.77. The van der Waals surface area contributed by atoms with Gasteiger partial charge >= 0.3 is 0 Å². The van der Waals surface area contributed by atoms with Gasteiger partial charge in [-0.3, -0.25) is 4.79 Å². The molecular formula is C18H23N3O2. The van der Waals surface area contributed by atoms with Gasteiger partial charge in [-0.05, 0) is 25.8 Å². The summed E-state index contributed by atoms with van der Waals surface area (Å²) in [6.45, 7) is 6.23. The van der Waals surface area contributed by atoms with Crippen LogP contribution in [0.5, 0.6) is 0 Å². The largest absolute Gasteiger partial charge is 0.361 e. The summed E-state index contributed by atoms with van der Waals surface area (Å²) in [5.41, 5.74) is 3.13. The minimum atomic E-state index is 0.113. The number of benzene rings is 1. The average Bonchev–Trinajstić information content (AvgIpc) is 2.92. The van der Waals surface area contributed by atoms with E-state index in [0.29, 0.717) is 12.8 Å². The van der Waals surface area contributed by atoms with E-state index in [-0.39, 0.29) is 11.9 Å². The predicted octanol–water partition coefficient (Wildman–Crippen LogP) is 2.40. The van der Waals surface area contributed by atoms with Crippen LogP contribution >= 0.6 is 0 Å². The summed E-state index contributed by atoms with van der Waals surface area (Å²) in [6, 6.07) is 10.3. The van der Waals surface area contributed by atoms with Gasteiger partial charge in [0, 0.05) is 31.6 Å². The van der Waals surface area contributed by atoms with Gasteiger partial charge in [-0.25, -0.2) is 0 Å². The molecule has 0 aliphatic carbocycles. The molecule has 3 rings (SSSR count). The third-order valence-electron chi connectivity index (χ3n) is 4.52. The normalized spacial score (nSPS) is 18.2. The minimum Gasteiger partial charge on any atom is -0.361 e. The summed E-state index contributed by atoms with van der Waals surface area (Å²) in [4.78, 5) is 14.8. The molecule has 5 nitrogen and oxygen atoms in total. The molecule has 5 heteroatoms. The Morgan fingerprint density at radius 1 is 1.35 bits per heavy atom. The van der Waals surface area contributed by atoms with Crippen LogP contribution < -0.4 is 5.32 Å². The lowest BCUT2D eigenvalue weighted by Crippen LogP contribution is -2.48. The van der Waals surface area contributed by atoms with Crippen LogP contribution in [-0.2, 0) is 11.2 Å². The maximum atomic E-state index is 12.7. The van der Waals surface area contributed by atoms with Crippen LogP contribution in [0.2, 0.25) is 0 Å². The molecule has 1 amide bonds. The Morgan fingerprint density at radius 3 is 2.83 bits per heavy atom. The smallest absolute Gasteiger partial charge is 0.223 e. The Bertz CT molecular complexity index is 647. The number of carbonyl (C=O) groups is 1. The fourth-order valence-corrected chi connectivity index (χ4v) is 3.21. The lowest BCUT2D eigenvalue weighted by Gasteiger charge is -2.36. The molecule has 1 saturated heterocycles. The van der Waals surface area contributed by atoms with E-state index in [0.717, 1.165) is 36.7 Å². The molecule has 2 heterocycles. The third-order valence-corrected chi connectivity index (χ3v) is 4.52. The van der Waals surface area contributed by atoms with Gasteiger partial charge in [-0.2, -0.15) is 0 Å². The molecule has 1 aliphatic rings. The summed E-state index contributed by atoms with van der Waals surface area (Å²) in [7, 11) is 0. The maximum absolute atomic E-state index is 12.7. The number of rotatable bonds is 4. The predicted molar refractivity (Wildman–Crippen MR) is 88.1 cm³/mol. The number of amides is 1. The zero-order valence-corrected chi connectivity index (χ0v) is 13.7. The summed E-state index contributed by atoms with van der Waals surface area (Å²) in [6.07, 6.45) is 1.18. The highest BCUT2D eigenvalue weighted by Crippen LogP contribution is 2.23. The van der Waals surface area contributed by atoms with Crippen molar-refractivity contribution in [2.75, 3.05) is 19.6 Å². The van der Waals surface area contributed by atoms with E-state index in [4.69, 9.17) is 4.52 Å². The monoisotopic (exact) mass is 313 g/mol. The molecule has 2 aromatic rings.